The molecule has 4 nitrogen and oxygen atoms in total. The second kappa shape index (κ2) is 4.31. The molecule has 0 unspecified atom stereocenters. The predicted octanol–water partition coefficient (Wildman–Crippen LogP) is 3.44. The van der Waals surface area contributed by atoms with Crippen LogP contribution in [0.5, 0.6) is 0 Å². The summed E-state index contributed by atoms with van der Waals surface area (Å²) in [5.74, 6) is 0.654. The van der Waals surface area contributed by atoms with Gasteiger partial charge in [-0.2, -0.15) is 0 Å². The summed E-state index contributed by atoms with van der Waals surface area (Å²) >= 11 is 0. The lowest BCUT2D eigenvalue weighted by molar-refractivity contribution is 1.20. The molecule has 0 aliphatic carbocycles. The van der Waals surface area contributed by atoms with E-state index in [9.17, 15) is 0 Å². The number of hydrogen-bond acceptors (Lipinski definition) is 3. The van der Waals surface area contributed by atoms with Crippen molar-refractivity contribution in [3.8, 4) is 11.3 Å². The molecule has 0 radical (unpaired) electrons. The number of hydrogen-bond donors (Lipinski definition) is 1. The lowest BCUT2D eigenvalue weighted by Crippen LogP contribution is -1.95. The Bertz CT molecular complexity index is 969. The van der Waals surface area contributed by atoms with Crippen LogP contribution >= 0.6 is 0 Å². The summed E-state index contributed by atoms with van der Waals surface area (Å²) in [4.78, 5) is 9.25. The monoisotopic (exact) mass is 274 g/mol. The summed E-state index contributed by atoms with van der Waals surface area (Å²) in [5, 5.41) is 1.07. The molecule has 0 amide bonds. The summed E-state index contributed by atoms with van der Waals surface area (Å²) in [6.07, 6.45) is 1.93. The smallest absolute Gasteiger partial charge is 0.139 e. The van der Waals surface area contributed by atoms with Gasteiger partial charge in [-0.15, -0.1) is 0 Å². The topological polar surface area (TPSA) is 56.2 Å². The molecule has 3 heterocycles. The Hall–Kier alpha value is -2.88. The molecular formula is C17H14N4. The van der Waals surface area contributed by atoms with E-state index >= 15 is 0 Å². The van der Waals surface area contributed by atoms with Crippen LogP contribution in [0.15, 0.2) is 54.7 Å². The summed E-state index contributed by atoms with van der Waals surface area (Å²) in [6, 6.07) is 16.0. The number of benzene rings is 1. The molecular weight excluding hydrogens is 260 g/mol. The first-order valence-electron chi connectivity index (χ1n) is 6.83. The minimum absolute atomic E-state index is 0.654. The molecule has 102 valence electrons. The standard InChI is InChI=1S/C17H14N4/c1-11-10-13(12-6-2-3-7-14(12)19-11)16-17(18)21-9-5-4-8-15(21)20-16/h2-10H,18H2,1H3. The number of nitrogens with zero attached hydrogens (tertiary/aromatic N) is 3. The fraction of sp³-hybridized carbons (Fsp3) is 0.0588. The Morgan fingerprint density at radius 1 is 1.00 bits per heavy atom. The second-order valence-electron chi connectivity index (χ2n) is 5.10. The van der Waals surface area contributed by atoms with Gasteiger partial charge in [-0.1, -0.05) is 24.3 Å². The average Bonchev–Trinajstić information content (AvgIpc) is 2.84. The lowest BCUT2D eigenvalue weighted by atomic mass is 10.0. The van der Waals surface area contributed by atoms with Gasteiger partial charge in [0.1, 0.15) is 17.2 Å². The molecule has 0 aliphatic heterocycles. The second-order valence-corrected chi connectivity index (χ2v) is 5.10. The van der Waals surface area contributed by atoms with E-state index in [4.69, 9.17) is 5.73 Å². The zero-order chi connectivity index (χ0) is 14.4. The maximum absolute atomic E-state index is 6.29. The van der Waals surface area contributed by atoms with Gasteiger partial charge in [-0.05, 0) is 31.2 Å². The Labute approximate surface area is 121 Å². The normalized spacial score (nSPS) is 11.3. The largest absolute Gasteiger partial charge is 0.383 e. The van der Waals surface area contributed by atoms with Gasteiger partial charge < -0.3 is 5.73 Å². The molecule has 0 saturated carbocycles. The highest BCUT2D eigenvalue weighted by molar-refractivity contribution is 5.96. The Morgan fingerprint density at radius 3 is 2.67 bits per heavy atom. The molecule has 1 aromatic carbocycles. The van der Waals surface area contributed by atoms with E-state index in [-0.39, 0.29) is 0 Å². The first-order valence-corrected chi connectivity index (χ1v) is 6.83. The third kappa shape index (κ3) is 1.76. The number of fused-ring (bicyclic) bond motifs is 2. The fourth-order valence-electron chi connectivity index (χ4n) is 2.72. The number of rotatable bonds is 1. The molecule has 2 N–H and O–H groups in total. The quantitative estimate of drug-likeness (QED) is 0.578. The van der Waals surface area contributed by atoms with Crippen LogP contribution < -0.4 is 5.73 Å². The number of anilines is 1. The molecule has 21 heavy (non-hydrogen) atoms. The van der Waals surface area contributed by atoms with Crippen molar-refractivity contribution in [1.29, 1.82) is 0 Å². The molecule has 0 saturated heterocycles. The van der Waals surface area contributed by atoms with Crippen LogP contribution in [-0.4, -0.2) is 14.4 Å². The highest BCUT2D eigenvalue weighted by Gasteiger charge is 2.14. The number of nitrogen functional groups attached to an aromatic ring is 1. The zero-order valence-electron chi connectivity index (χ0n) is 11.6. The average molecular weight is 274 g/mol. The van der Waals surface area contributed by atoms with Gasteiger partial charge >= 0.3 is 0 Å². The maximum Gasteiger partial charge on any atom is 0.139 e. The van der Waals surface area contributed by atoms with Crippen LogP contribution in [0.4, 0.5) is 5.82 Å². The van der Waals surface area contributed by atoms with Gasteiger partial charge in [0.15, 0.2) is 0 Å². The van der Waals surface area contributed by atoms with Crippen molar-refractivity contribution in [3.05, 3.63) is 60.4 Å². The number of imidazole rings is 1. The van der Waals surface area contributed by atoms with E-state index in [1.54, 1.807) is 0 Å². The summed E-state index contributed by atoms with van der Waals surface area (Å²) in [5.41, 5.74) is 10.9. The van der Waals surface area contributed by atoms with E-state index < -0.39 is 0 Å². The first kappa shape index (κ1) is 11.9. The van der Waals surface area contributed by atoms with Crippen molar-refractivity contribution in [1.82, 2.24) is 14.4 Å². The lowest BCUT2D eigenvalue weighted by Gasteiger charge is -2.06. The van der Waals surface area contributed by atoms with Crippen LogP contribution in [0.25, 0.3) is 27.8 Å². The Morgan fingerprint density at radius 2 is 1.81 bits per heavy atom. The summed E-state index contributed by atoms with van der Waals surface area (Å²) in [7, 11) is 0. The van der Waals surface area contributed by atoms with Crippen molar-refractivity contribution in [2.75, 3.05) is 5.73 Å². The van der Waals surface area contributed by atoms with E-state index in [0.717, 1.165) is 33.5 Å². The Balaban J connectivity index is 2.11. The molecule has 4 heteroatoms. The molecule has 4 rings (SSSR count). The fourth-order valence-corrected chi connectivity index (χ4v) is 2.72. The van der Waals surface area contributed by atoms with Gasteiger partial charge in [-0.3, -0.25) is 9.38 Å². The Kier molecular flexibility index (Phi) is 2.44. The van der Waals surface area contributed by atoms with Crippen molar-refractivity contribution in [3.63, 3.8) is 0 Å². The minimum Gasteiger partial charge on any atom is -0.383 e. The molecule has 0 spiro atoms. The molecule has 0 atom stereocenters. The van der Waals surface area contributed by atoms with Crippen LogP contribution in [0, 0.1) is 6.92 Å². The third-order valence-corrected chi connectivity index (χ3v) is 3.67. The highest BCUT2D eigenvalue weighted by Crippen LogP contribution is 2.32. The summed E-state index contributed by atoms with van der Waals surface area (Å²) < 4.78 is 1.90. The van der Waals surface area contributed by atoms with E-state index in [1.807, 2.05) is 60.0 Å². The van der Waals surface area contributed by atoms with Gasteiger partial charge in [0.05, 0.1) is 5.52 Å². The van der Waals surface area contributed by atoms with Crippen LogP contribution in [0.1, 0.15) is 5.69 Å². The number of aromatic nitrogens is 3. The molecule has 0 aliphatic rings. The minimum atomic E-state index is 0.654. The van der Waals surface area contributed by atoms with E-state index in [1.165, 1.54) is 0 Å². The van der Waals surface area contributed by atoms with Crippen LogP contribution in [-0.2, 0) is 0 Å². The van der Waals surface area contributed by atoms with Crippen molar-refractivity contribution in [2.24, 2.45) is 0 Å². The SMILES string of the molecule is Cc1cc(-c2nc3ccccn3c2N)c2ccccc2n1. The maximum atomic E-state index is 6.29. The van der Waals surface area contributed by atoms with Crippen molar-refractivity contribution < 1.29 is 0 Å². The van der Waals surface area contributed by atoms with Gasteiger partial charge in [0, 0.05) is 22.8 Å². The first-order chi connectivity index (χ1) is 10.2. The molecule has 3 aromatic heterocycles. The van der Waals surface area contributed by atoms with Crippen molar-refractivity contribution in [2.45, 2.75) is 6.92 Å². The summed E-state index contributed by atoms with van der Waals surface area (Å²) in [6.45, 7) is 1.99. The van der Waals surface area contributed by atoms with E-state index in [0.29, 0.717) is 5.82 Å². The van der Waals surface area contributed by atoms with Gasteiger partial charge in [-0.25, -0.2) is 4.98 Å². The zero-order valence-corrected chi connectivity index (χ0v) is 11.6. The molecule has 4 aromatic rings. The number of nitrogens with two attached hydrogens (primary N) is 1. The van der Waals surface area contributed by atoms with Gasteiger partial charge in [0.25, 0.3) is 0 Å². The van der Waals surface area contributed by atoms with Crippen LogP contribution in [0.3, 0.4) is 0 Å². The number of aryl methyl sites for hydroxylation is 1. The predicted molar refractivity (Wildman–Crippen MR) is 85.1 cm³/mol. The van der Waals surface area contributed by atoms with Gasteiger partial charge in [0.2, 0.25) is 0 Å². The third-order valence-electron chi connectivity index (χ3n) is 3.67. The van der Waals surface area contributed by atoms with Crippen LogP contribution in [0.2, 0.25) is 0 Å². The molecule has 0 fully saturated rings. The molecule has 0 bridgehead atoms. The highest BCUT2D eigenvalue weighted by atomic mass is 15.1. The van der Waals surface area contributed by atoms with E-state index in [2.05, 4.69) is 16.0 Å². The number of pyridine rings is 2. The van der Waals surface area contributed by atoms with Crippen molar-refractivity contribution >= 4 is 22.4 Å². The number of para-hydroxylation sites is 1.